The molecule has 21 heteroatoms. The normalized spacial score (nSPS) is 14.8. The van der Waals surface area contributed by atoms with Crippen molar-refractivity contribution in [3.63, 3.8) is 0 Å². The molecular weight excluding hydrogens is 605 g/mol. The molecule has 0 amide bonds. The monoisotopic (exact) mass is 619 g/mol. The highest BCUT2D eigenvalue weighted by Gasteiger charge is 2.95. The van der Waals surface area contributed by atoms with E-state index in [2.05, 4.69) is 23.5 Å². The SMILES string of the molecule is C=C(C)C(=O)OCCNC(=S)CCC(F)(F)C(F)(F)C(F)(F)C(F)(F)C(F)(F)C(F)(F)C(F)(F)C(F)(F)F. The second kappa shape index (κ2) is 10.8. The fourth-order valence-corrected chi connectivity index (χ4v) is 2.37. The molecule has 0 saturated heterocycles. The van der Waals surface area contributed by atoms with Crippen LogP contribution in [-0.2, 0) is 9.53 Å². The van der Waals surface area contributed by atoms with E-state index >= 15 is 0 Å². The van der Waals surface area contributed by atoms with Crippen LogP contribution in [0.25, 0.3) is 0 Å². The number of ether oxygens (including phenoxy) is 1. The summed E-state index contributed by atoms with van der Waals surface area (Å²) in [5.41, 5.74) is -0.0994. The fraction of sp³-hybridized carbons (Fsp3) is 0.765. The molecule has 3 nitrogen and oxygen atoms in total. The standard InChI is InChI=1S/C17H14F17NO2S/c1-7(2)9(36)37-6-5-35-8(38)3-4-10(18,19)11(20,21)12(22,23)13(24,25)14(26,27)15(28,29)16(30,31)17(32,33)34/h1,3-6H2,2H3,(H,35,38). The summed E-state index contributed by atoms with van der Waals surface area (Å²) in [7, 11) is 0. The molecule has 38 heavy (non-hydrogen) atoms. The average molecular weight is 619 g/mol. The highest BCUT2D eigenvalue weighted by atomic mass is 32.1. The number of carbonyl (C=O) groups excluding carboxylic acids is 1. The lowest BCUT2D eigenvalue weighted by molar-refractivity contribution is -0.461. The predicted octanol–water partition coefficient (Wildman–Crippen LogP) is 6.81. The van der Waals surface area contributed by atoms with Crippen molar-refractivity contribution in [1.29, 1.82) is 0 Å². The predicted molar refractivity (Wildman–Crippen MR) is 96.3 cm³/mol. The average Bonchev–Trinajstić information content (AvgIpc) is 2.73. The molecule has 0 aromatic rings. The number of esters is 1. The third kappa shape index (κ3) is 6.05. The Bertz CT molecular complexity index is 897. The second-order valence-electron chi connectivity index (χ2n) is 7.41. The zero-order chi connectivity index (χ0) is 31.0. The van der Waals surface area contributed by atoms with Gasteiger partial charge in [-0.05, 0) is 6.92 Å². The maximum absolute atomic E-state index is 13.8. The van der Waals surface area contributed by atoms with E-state index in [4.69, 9.17) is 0 Å². The van der Waals surface area contributed by atoms with Gasteiger partial charge in [-0.3, -0.25) is 0 Å². The quantitative estimate of drug-likeness (QED) is 0.0809. The van der Waals surface area contributed by atoms with Gasteiger partial charge in [-0.25, -0.2) is 4.79 Å². The molecule has 0 rings (SSSR count). The molecule has 0 aromatic heterocycles. The molecule has 0 fully saturated rings. The van der Waals surface area contributed by atoms with Gasteiger partial charge in [-0.2, -0.15) is 74.6 Å². The molecule has 224 valence electrons. The summed E-state index contributed by atoms with van der Waals surface area (Å²) in [5, 5.41) is 1.95. The lowest BCUT2D eigenvalue weighted by Gasteiger charge is -2.42. The Kier molecular flexibility index (Phi) is 10.2. The van der Waals surface area contributed by atoms with Gasteiger partial charge in [0.2, 0.25) is 0 Å². The number of alkyl halides is 17. The van der Waals surface area contributed by atoms with Crippen LogP contribution in [0, 0.1) is 0 Å². The van der Waals surface area contributed by atoms with E-state index in [1.54, 1.807) is 0 Å². The number of hydrogen-bond acceptors (Lipinski definition) is 3. The van der Waals surface area contributed by atoms with Crippen molar-refractivity contribution in [1.82, 2.24) is 5.32 Å². The number of carbonyl (C=O) groups is 1. The number of halogens is 17. The van der Waals surface area contributed by atoms with Gasteiger partial charge in [0.15, 0.2) is 0 Å². The molecule has 0 radical (unpaired) electrons. The highest BCUT2D eigenvalue weighted by molar-refractivity contribution is 7.80. The molecule has 0 aromatic carbocycles. The van der Waals surface area contributed by atoms with Gasteiger partial charge in [0.25, 0.3) is 0 Å². The van der Waals surface area contributed by atoms with E-state index in [0.29, 0.717) is 0 Å². The molecule has 0 bridgehead atoms. The molecule has 0 aliphatic heterocycles. The lowest BCUT2D eigenvalue weighted by atomic mass is 9.88. The van der Waals surface area contributed by atoms with Gasteiger partial charge in [-0.1, -0.05) is 18.8 Å². The van der Waals surface area contributed by atoms with Crippen LogP contribution >= 0.6 is 12.2 Å². The van der Waals surface area contributed by atoms with E-state index in [-0.39, 0.29) is 5.57 Å². The number of nitrogens with one attached hydrogen (secondary N) is 1. The van der Waals surface area contributed by atoms with Crippen LogP contribution in [0.3, 0.4) is 0 Å². The minimum Gasteiger partial charge on any atom is -0.460 e. The molecule has 0 atom stereocenters. The number of thiocarbonyl (C=S) groups is 1. The Balaban J connectivity index is 5.90. The summed E-state index contributed by atoms with van der Waals surface area (Å²) in [5.74, 6) is -57.6. The molecule has 0 unspecified atom stereocenters. The van der Waals surface area contributed by atoms with Crippen LogP contribution in [0.5, 0.6) is 0 Å². The van der Waals surface area contributed by atoms with Gasteiger partial charge in [0.05, 0.1) is 4.99 Å². The highest BCUT2D eigenvalue weighted by Crippen LogP contribution is 2.64. The van der Waals surface area contributed by atoms with Crippen LogP contribution in [0.4, 0.5) is 74.6 Å². The Hall–Kier alpha value is -2.09. The first-order chi connectivity index (χ1) is 16.5. The Morgan fingerprint density at radius 1 is 0.711 bits per heavy atom. The maximum Gasteiger partial charge on any atom is 0.460 e. The Labute approximate surface area is 206 Å². The third-order valence-electron chi connectivity index (χ3n) is 4.46. The molecule has 0 aliphatic carbocycles. The van der Waals surface area contributed by atoms with Crippen molar-refractivity contribution in [2.45, 2.75) is 67.4 Å². The summed E-state index contributed by atoms with van der Waals surface area (Å²) >= 11 is 4.33. The summed E-state index contributed by atoms with van der Waals surface area (Å²) in [6, 6.07) is 0. The van der Waals surface area contributed by atoms with E-state index in [1.165, 1.54) is 6.92 Å². The summed E-state index contributed by atoms with van der Waals surface area (Å²) in [6.45, 7) is 3.29. The summed E-state index contributed by atoms with van der Waals surface area (Å²) in [4.78, 5) is 10.2. The molecular formula is C17H14F17NO2S. The molecule has 0 heterocycles. The minimum atomic E-state index is -8.67. The fourth-order valence-electron chi connectivity index (χ4n) is 2.17. The summed E-state index contributed by atoms with van der Waals surface area (Å²) in [6.07, 6.45) is -12.1. The Morgan fingerprint density at radius 3 is 1.45 bits per heavy atom. The minimum absolute atomic E-state index is 0.0994. The zero-order valence-electron chi connectivity index (χ0n) is 18.2. The van der Waals surface area contributed by atoms with Crippen molar-refractivity contribution >= 4 is 23.2 Å². The van der Waals surface area contributed by atoms with Crippen LogP contribution in [-0.4, -0.2) is 71.7 Å². The van der Waals surface area contributed by atoms with Gasteiger partial charge < -0.3 is 10.1 Å². The smallest absolute Gasteiger partial charge is 0.460 e. The number of hydrogen-bond donors (Lipinski definition) is 1. The topological polar surface area (TPSA) is 38.3 Å². The van der Waals surface area contributed by atoms with Crippen molar-refractivity contribution in [3.05, 3.63) is 12.2 Å². The van der Waals surface area contributed by atoms with Gasteiger partial charge in [0.1, 0.15) is 6.61 Å². The molecule has 0 spiro atoms. The molecule has 0 saturated carbocycles. The molecule has 0 aliphatic rings. The van der Waals surface area contributed by atoms with Gasteiger partial charge in [0, 0.05) is 25.0 Å². The maximum atomic E-state index is 13.8. The first-order valence-corrected chi connectivity index (χ1v) is 9.69. The first kappa shape index (κ1) is 35.9. The first-order valence-electron chi connectivity index (χ1n) is 9.28. The van der Waals surface area contributed by atoms with Crippen molar-refractivity contribution in [2.24, 2.45) is 0 Å². The third-order valence-corrected chi connectivity index (χ3v) is 4.81. The van der Waals surface area contributed by atoms with E-state index < -0.39 is 84.6 Å². The second-order valence-corrected chi connectivity index (χ2v) is 7.91. The van der Waals surface area contributed by atoms with Crippen molar-refractivity contribution < 1.29 is 84.2 Å². The largest absolute Gasteiger partial charge is 0.460 e. The van der Waals surface area contributed by atoms with E-state index in [1.807, 2.05) is 5.32 Å². The number of rotatable bonds is 13. The zero-order valence-corrected chi connectivity index (χ0v) is 19.0. The lowest BCUT2D eigenvalue weighted by Crippen LogP contribution is -2.74. The van der Waals surface area contributed by atoms with Crippen LogP contribution in [0.2, 0.25) is 0 Å². The van der Waals surface area contributed by atoms with Crippen molar-refractivity contribution in [3.8, 4) is 0 Å². The molecule has 1 N–H and O–H groups in total. The van der Waals surface area contributed by atoms with Crippen LogP contribution in [0.15, 0.2) is 12.2 Å². The van der Waals surface area contributed by atoms with Crippen LogP contribution < -0.4 is 5.32 Å². The van der Waals surface area contributed by atoms with Crippen LogP contribution in [0.1, 0.15) is 19.8 Å². The Morgan fingerprint density at radius 2 is 1.08 bits per heavy atom. The summed E-state index contributed by atoms with van der Waals surface area (Å²) < 4.78 is 229. The van der Waals surface area contributed by atoms with E-state index in [0.717, 1.165) is 0 Å². The van der Waals surface area contributed by atoms with Crippen molar-refractivity contribution in [2.75, 3.05) is 13.2 Å². The van der Waals surface area contributed by atoms with Gasteiger partial charge in [-0.15, -0.1) is 0 Å². The van der Waals surface area contributed by atoms with E-state index in [9.17, 15) is 79.4 Å². The van der Waals surface area contributed by atoms with Gasteiger partial charge >= 0.3 is 53.6 Å².